The van der Waals surface area contributed by atoms with E-state index in [0.717, 1.165) is 0 Å². The zero-order chi connectivity index (χ0) is 12.8. The van der Waals surface area contributed by atoms with Crippen molar-refractivity contribution in [1.29, 1.82) is 5.26 Å². The van der Waals surface area contributed by atoms with Gasteiger partial charge in [-0.05, 0) is 24.1 Å². The van der Waals surface area contributed by atoms with Crippen LogP contribution in [-0.2, 0) is 22.6 Å². The Hall–Kier alpha value is -2.06. The Kier molecular flexibility index (Phi) is 4.49. The SMILES string of the molecule is CCOC(=O)Cc1cc(CO)cc(O)c1C#N. The van der Waals surface area contributed by atoms with Gasteiger partial charge in [0.05, 0.1) is 25.2 Å². The molecule has 2 N–H and O–H groups in total. The van der Waals surface area contributed by atoms with E-state index < -0.39 is 5.97 Å². The Labute approximate surface area is 98.9 Å². The number of benzene rings is 1. The molecule has 0 spiro atoms. The van der Waals surface area contributed by atoms with Gasteiger partial charge in [-0.3, -0.25) is 4.79 Å². The van der Waals surface area contributed by atoms with Crippen molar-refractivity contribution >= 4 is 5.97 Å². The largest absolute Gasteiger partial charge is 0.507 e. The number of hydrogen-bond acceptors (Lipinski definition) is 5. The smallest absolute Gasteiger partial charge is 0.310 e. The van der Waals surface area contributed by atoms with Gasteiger partial charge in [0.2, 0.25) is 0 Å². The van der Waals surface area contributed by atoms with E-state index in [1.807, 2.05) is 6.07 Å². The molecule has 0 atom stereocenters. The second-order valence-electron chi connectivity index (χ2n) is 3.40. The molecule has 0 unspecified atom stereocenters. The standard InChI is InChI=1S/C12H13NO4/c1-2-17-12(16)5-9-3-8(7-14)4-11(15)10(9)6-13/h3-4,14-15H,2,5,7H2,1H3. The van der Waals surface area contributed by atoms with Crippen molar-refractivity contribution in [2.75, 3.05) is 6.61 Å². The van der Waals surface area contributed by atoms with E-state index in [2.05, 4.69) is 0 Å². The number of ether oxygens (including phenoxy) is 1. The van der Waals surface area contributed by atoms with Crippen molar-refractivity contribution in [2.24, 2.45) is 0 Å². The molecule has 1 rings (SSSR count). The van der Waals surface area contributed by atoms with E-state index in [0.29, 0.717) is 11.1 Å². The van der Waals surface area contributed by atoms with Crippen molar-refractivity contribution in [3.63, 3.8) is 0 Å². The lowest BCUT2D eigenvalue weighted by atomic mass is 10.0. The Balaban J connectivity index is 3.08. The Morgan fingerprint density at radius 3 is 2.76 bits per heavy atom. The maximum atomic E-state index is 11.3. The average Bonchev–Trinajstić information content (AvgIpc) is 2.28. The first-order chi connectivity index (χ1) is 8.12. The molecule has 0 saturated carbocycles. The summed E-state index contributed by atoms with van der Waals surface area (Å²) in [6, 6.07) is 4.63. The fourth-order valence-corrected chi connectivity index (χ4v) is 1.48. The quantitative estimate of drug-likeness (QED) is 0.755. The summed E-state index contributed by atoms with van der Waals surface area (Å²) < 4.78 is 4.77. The van der Waals surface area contributed by atoms with Gasteiger partial charge in [-0.2, -0.15) is 5.26 Å². The normalized spacial score (nSPS) is 9.71. The number of aliphatic hydroxyl groups is 1. The highest BCUT2D eigenvalue weighted by Crippen LogP contribution is 2.23. The van der Waals surface area contributed by atoms with E-state index in [-0.39, 0.29) is 30.9 Å². The lowest BCUT2D eigenvalue weighted by Crippen LogP contribution is -2.09. The summed E-state index contributed by atoms with van der Waals surface area (Å²) in [6.45, 7) is 1.67. The van der Waals surface area contributed by atoms with Crippen molar-refractivity contribution in [3.8, 4) is 11.8 Å². The van der Waals surface area contributed by atoms with Gasteiger partial charge in [0.1, 0.15) is 11.8 Å². The molecule has 0 heterocycles. The molecular formula is C12H13NO4. The highest BCUT2D eigenvalue weighted by atomic mass is 16.5. The van der Waals surface area contributed by atoms with E-state index in [9.17, 15) is 9.90 Å². The third kappa shape index (κ3) is 3.20. The number of rotatable bonds is 4. The fourth-order valence-electron chi connectivity index (χ4n) is 1.48. The molecule has 1 aromatic rings. The number of nitrogens with zero attached hydrogens (tertiary/aromatic N) is 1. The predicted molar refractivity (Wildman–Crippen MR) is 59.1 cm³/mol. The number of phenolic OH excluding ortho intramolecular Hbond substituents is 1. The number of phenols is 1. The van der Waals surface area contributed by atoms with Gasteiger partial charge in [-0.1, -0.05) is 6.07 Å². The van der Waals surface area contributed by atoms with Gasteiger partial charge in [-0.15, -0.1) is 0 Å². The fraction of sp³-hybridized carbons (Fsp3) is 0.333. The minimum Gasteiger partial charge on any atom is -0.507 e. The van der Waals surface area contributed by atoms with Crippen LogP contribution >= 0.6 is 0 Å². The summed E-state index contributed by atoms with van der Waals surface area (Å²) in [5.74, 6) is -0.711. The molecule has 0 aliphatic rings. The second-order valence-corrected chi connectivity index (χ2v) is 3.40. The maximum absolute atomic E-state index is 11.3. The van der Waals surface area contributed by atoms with E-state index in [1.165, 1.54) is 12.1 Å². The van der Waals surface area contributed by atoms with Gasteiger partial charge >= 0.3 is 5.97 Å². The van der Waals surface area contributed by atoms with Gasteiger partial charge in [0, 0.05) is 0 Å². The van der Waals surface area contributed by atoms with Crippen LogP contribution in [0.3, 0.4) is 0 Å². The van der Waals surface area contributed by atoms with Crippen LogP contribution in [0.1, 0.15) is 23.6 Å². The van der Waals surface area contributed by atoms with E-state index in [1.54, 1.807) is 6.92 Å². The molecule has 0 aliphatic carbocycles. The predicted octanol–water partition coefficient (Wildman–Crippen LogP) is 0.862. The number of carbonyl (C=O) groups excluding carboxylic acids is 1. The molecule has 0 bridgehead atoms. The minimum absolute atomic E-state index is 0.0373. The zero-order valence-electron chi connectivity index (χ0n) is 9.43. The molecule has 0 amide bonds. The minimum atomic E-state index is -0.474. The summed E-state index contributed by atoms with van der Waals surface area (Å²) in [7, 11) is 0. The van der Waals surface area contributed by atoms with Crippen LogP contribution in [0.15, 0.2) is 12.1 Å². The second kappa shape index (κ2) is 5.87. The molecular weight excluding hydrogens is 222 g/mol. The topological polar surface area (TPSA) is 90.6 Å². The number of aromatic hydroxyl groups is 1. The lowest BCUT2D eigenvalue weighted by molar-refractivity contribution is -0.142. The van der Waals surface area contributed by atoms with E-state index in [4.69, 9.17) is 15.1 Å². The first-order valence-corrected chi connectivity index (χ1v) is 5.13. The van der Waals surface area contributed by atoms with Gasteiger partial charge in [0.15, 0.2) is 0 Å². The Morgan fingerprint density at radius 1 is 1.53 bits per heavy atom. The molecule has 0 radical (unpaired) electrons. The molecule has 0 fully saturated rings. The summed E-state index contributed by atoms with van der Waals surface area (Å²) in [6.07, 6.45) is -0.0991. The monoisotopic (exact) mass is 235 g/mol. The van der Waals surface area contributed by atoms with Gasteiger partial charge in [-0.25, -0.2) is 0 Å². The summed E-state index contributed by atoms with van der Waals surface area (Å²) in [5, 5.41) is 27.4. The highest BCUT2D eigenvalue weighted by molar-refractivity contribution is 5.74. The average molecular weight is 235 g/mol. The molecule has 0 aromatic heterocycles. The molecule has 0 saturated heterocycles. The molecule has 5 heteroatoms. The summed E-state index contributed by atoms with van der Waals surface area (Å²) >= 11 is 0. The number of esters is 1. The molecule has 17 heavy (non-hydrogen) atoms. The molecule has 5 nitrogen and oxygen atoms in total. The van der Waals surface area contributed by atoms with Crippen molar-refractivity contribution < 1.29 is 19.7 Å². The van der Waals surface area contributed by atoms with Crippen LogP contribution in [-0.4, -0.2) is 22.8 Å². The van der Waals surface area contributed by atoms with Gasteiger partial charge in [0.25, 0.3) is 0 Å². The number of aliphatic hydroxyl groups excluding tert-OH is 1. The zero-order valence-corrected chi connectivity index (χ0v) is 9.43. The molecule has 1 aromatic carbocycles. The van der Waals surface area contributed by atoms with Crippen molar-refractivity contribution in [2.45, 2.75) is 20.0 Å². The number of nitriles is 1. The molecule has 90 valence electrons. The van der Waals surface area contributed by atoms with Crippen LogP contribution in [0.4, 0.5) is 0 Å². The first-order valence-electron chi connectivity index (χ1n) is 5.13. The van der Waals surface area contributed by atoms with Crippen LogP contribution < -0.4 is 0 Å². The van der Waals surface area contributed by atoms with Crippen LogP contribution in [0.25, 0.3) is 0 Å². The van der Waals surface area contributed by atoms with Crippen LogP contribution in [0, 0.1) is 11.3 Å². The Morgan fingerprint density at radius 2 is 2.24 bits per heavy atom. The first kappa shape index (κ1) is 13.0. The molecule has 0 aliphatic heterocycles. The summed E-state index contributed by atoms with van der Waals surface area (Å²) in [4.78, 5) is 11.3. The Bertz CT molecular complexity index is 462. The van der Waals surface area contributed by atoms with Crippen LogP contribution in [0.2, 0.25) is 0 Å². The summed E-state index contributed by atoms with van der Waals surface area (Å²) in [5.41, 5.74) is 0.839. The maximum Gasteiger partial charge on any atom is 0.310 e. The van der Waals surface area contributed by atoms with Gasteiger partial charge < -0.3 is 14.9 Å². The third-order valence-electron chi connectivity index (χ3n) is 2.19. The number of hydrogen-bond donors (Lipinski definition) is 2. The van der Waals surface area contributed by atoms with Crippen molar-refractivity contribution in [3.05, 3.63) is 28.8 Å². The highest BCUT2D eigenvalue weighted by Gasteiger charge is 2.13. The van der Waals surface area contributed by atoms with Crippen LogP contribution in [0.5, 0.6) is 5.75 Å². The van der Waals surface area contributed by atoms with Crippen molar-refractivity contribution in [1.82, 2.24) is 0 Å². The van der Waals surface area contributed by atoms with E-state index >= 15 is 0 Å². The lowest BCUT2D eigenvalue weighted by Gasteiger charge is -2.08. The third-order valence-corrected chi connectivity index (χ3v) is 2.19. The number of carbonyl (C=O) groups is 1.